The summed E-state index contributed by atoms with van der Waals surface area (Å²) >= 11 is 7.55. The molecule has 1 amide bonds. The van der Waals surface area contributed by atoms with Crippen molar-refractivity contribution in [2.75, 3.05) is 11.1 Å². The van der Waals surface area contributed by atoms with Crippen molar-refractivity contribution in [3.05, 3.63) is 28.8 Å². The molecule has 0 aromatic heterocycles. The van der Waals surface area contributed by atoms with Crippen LogP contribution in [0, 0.1) is 0 Å². The third-order valence-electron chi connectivity index (χ3n) is 2.69. The Kier molecular flexibility index (Phi) is 4.14. The molecule has 18 heavy (non-hydrogen) atoms. The Hall–Kier alpha value is -1.20. The lowest BCUT2D eigenvalue weighted by Gasteiger charge is -2.11. The predicted octanol–water partition coefficient (Wildman–Crippen LogP) is 2.87. The first-order chi connectivity index (χ1) is 8.58. The van der Waals surface area contributed by atoms with E-state index in [4.69, 9.17) is 16.7 Å². The molecule has 0 radical (unpaired) electrons. The number of carbonyl (C=O) groups is 2. The summed E-state index contributed by atoms with van der Waals surface area (Å²) in [5.41, 5.74) is 0.461. The number of anilines is 1. The first kappa shape index (κ1) is 13.2. The van der Waals surface area contributed by atoms with Crippen LogP contribution in [0.15, 0.2) is 18.2 Å². The van der Waals surface area contributed by atoms with E-state index in [-0.39, 0.29) is 16.7 Å². The number of carboxylic acids is 1. The highest BCUT2D eigenvalue weighted by molar-refractivity contribution is 8.00. The zero-order valence-electron chi connectivity index (χ0n) is 9.48. The van der Waals surface area contributed by atoms with Crippen LogP contribution in [0.1, 0.15) is 23.2 Å². The van der Waals surface area contributed by atoms with Crippen LogP contribution in [-0.2, 0) is 4.79 Å². The Balaban J connectivity index is 2.14. The second-order valence-electron chi connectivity index (χ2n) is 3.99. The zero-order valence-corrected chi connectivity index (χ0v) is 11.1. The van der Waals surface area contributed by atoms with Crippen LogP contribution >= 0.6 is 23.4 Å². The Bertz CT molecular complexity index is 486. The van der Waals surface area contributed by atoms with E-state index in [2.05, 4.69) is 5.32 Å². The van der Waals surface area contributed by atoms with Crippen LogP contribution in [-0.4, -0.2) is 28.0 Å². The monoisotopic (exact) mass is 285 g/mol. The first-order valence-electron chi connectivity index (χ1n) is 5.53. The fourth-order valence-electron chi connectivity index (χ4n) is 1.75. The number of amides is 1. The third-order valence-corrected chi connectivity index (χ3v) is 4.40. The quantitative estimate of drug-likeness (QED) is 0.896. The summed E-state index contributed by atoms with van der Waals surface area (Å²) in [7, 11) is 0. The summed E-state index contributed by atoms with van der Waals surface area (Å²) in [5, 5.41) is 11.9. The van der Waals surface area contributed by atoms with Gasteiger partial charge in [-0.3, -0.25) is 4.79 Å². The molecule has 0 bridgehead atoms. The molecule has 6 heteroatoms. The van der Waals surface area contributed by atoms with E-state index in [0.29, 0.717) is 10.7 Å². The minimum atomic E-state index is -1.04. The van der Waals surface area contributed by atoms with Crippen molar-refractivity contribution in [3.63, 3.8) is 0 Å². The second-order valence-corrected chi connectivity index (χ2v) is 5.71. The summed E-state index contributed by atoms with van der Waals surface area (Å²) in [4.78, 5) is 22.8. The number of thioether (sulfide) groups is 1. The highest BCUT2D eigenvalue weighted by atomic mass is 35.5. The Morgan fingerprint density at radius 3 is 2.83 bits per heavy atom. The summed E-state index contributed by atoms with van der Waals surface area (Å²) < 4.78 is 0. The van der Waals surface area contributed by atoms with Crippen molar-refractivity contribution >= 4 is 40.9 Å². The largest absolute Gasteiger partial charge is 0.478 e. The maximum absolute atomic E-state index is 11.9. The number of nitrogens with one attached hydrogen (secondary N) is 1. The van der Waals surface area contributed by atoms with Gasteiger partial charge in [-0.05, 0) is 36.8 Å². The molecule has 1 aliphatic heterocycles. The zero-order chi connectivity index (χ0) is 13.1. The van der Waals surface area contributed by atoms with E-state index in [1.54, 1.807) is 11.8 Å². The van der Waals surface area contributed by atoms with Gasteiger partial charge in [-0.1, -0.05) is 11.6 Å². The molecule has 1 heterocycles. The topological polar surface area (TPSA) is 66.4 Å². The highest BCUT2D eigenvalue weighted by Crippen LogP contribution is 2.29. The molecule has 2 N–H and O–H groups in total. The van der Waals surface area contributed by atoms with E-state index in [0.717, 1.165) is 18.6 Å². The van der Waals surface area contributed by atoms with Gasteiger partial charge in [-0.2, -0.15) is 0 Å². The number of carbonyl (C=O) groups excluding carboxylic acids is 1. The Morgan fingerprint density at radius 2 is 2.22 bits per heavy atom. The summed E-state index contributed by atoms with van der Waals surface area (Å²) in [6.07, 6.45) is 1.89. The van der Waals surface area contributed by atoms with Crippen molar-refractivity contribution in [2.24, 2.45) is 0 Å². The lowest BCUT2D eigenvalue weighted by Crippen LogP contribution is -2.23. The first-order valence-corrected chi connectivity index (χ1v) is 6.96. The molecule has 0 spiro atoms. The molecule has 0 saturated carbocycles. The number of aromatic carboxylic acids is 1. The molecule has 96 valence electrons. The number of halogens is 1. The maximum atomic E-state index is 11.9. The maximum Gasteiger partial charge on any atom is 0.335 e. The van der Waals surface area contributed by atoms with Gasteiger partial charge in [0.15, 0.2) is 0 Å². The van der Waals surface area contributed by atoms with E-state index in [9.17, 15) is 9.59 Å². The van der Waals surface area contributed by atoms with Gasteiger partial charge in [0.25, 0.3) is 0 Å². The van der Waals surface area contributed by atoms with Crippen molar-refractivity contribution < 1.29 is 14.7 Å². The van der Waals surface area contributed by atoms with Crippen LogP contribution < -0.4 is 5.32 Å². The molecule has 1 aromatic rings. The van der Waals surface area contributed by atoms with Crippen LogP contribution in [0.4, 0.5) is 5.69 Å². The average molecular weight is 286 g/mol. The number of hydrogen-bond acceptors (Lipinski definition) is 3. The lowest BCUT2D eigenvalue weighted by atomic mass is 10.2. The predicted molar refractivity (Wildman–Crippen MR) is 72.5 cm³/mol. The number of carboxylic acid groups (broad SMARTS) is 1. The average Bonchev–Trinajstić information content (AvgIpc) is 2.85. The van der Waals surface area contributed by atoms with E-state index in [1.165, 1.54) is 18.2 Å². The SMILES string of the molecule is O=C(O)c1ccc(Cl)c(NC(=O)C2CCCS2)c1. The number of rotatable bonds is 3. The van der Waals surface area contributed by atoms with Gasteiger partial charge < -0.3 is 10.4 Å². The fraction of sp³-hybridized carbons (Fsp3) is 0.333. The molecule has 4 nitrogen and oxygen atoms in total. The minimum absolute atomic E-state index is 0.0606. The Morgan fingerprint density at radius 1 is 1.44 bits per heavy atom. The molecule has 2 rings (SSSR count). The van der Waals surface area contributed by atoms with E-state index in [1.807, 2.05) is 0 Å². The molecular weight excluding hydrogens is 274 g/mol. The van der Waals surface area contributed by atoms with Crippen LogP contribution in [0.25, 0.3) is 0 Å². The normalized spacial score (nSPS) is 18.6. The number of hydrogen-bond donors (Lipinski definition) is 2. The summed E-state index contributed by atoms with van der Waals surface area (Å²) in [6, 6.07) is 4.26. The van der Waals surface area contributed by atoms with Crippen molar-refractivity contribution in [2.45, 2.75) is 18.1 Å². The lowest BCUT2D eigenvalue weighted by molar-refractivity contribution is -0.115. The molecule has 1 saturated heterocycles. The van der Waals surface area contributed by atoms with Crippen molar-refractivity contribution in [1.82, 2.24) is 0 Å². The summed E-state index contributed by atoms with van der Waals surface area (Å²) in [5.74, 6) is -0.166. The van der Waals surface area contributed by atoms with Crippen molar-refractivity contribution in [1.29, 1.82) is 0 Å². The van der Waals surface area contributed by atoms with Crippen LogP contribution in [0.3, 0.4) is 0 Å². The summed E-state index contributed by atoms with van der Waals surface area (Å²) in [6.45, 7) is 0. The van der Waals surface area contributed by atoms with Gasteiger partial charge in [0, 0.05) is 0 Å². The molecule has 1 aliphatic rings. The smallest absolute Gasteiger partial charge is 0.335 e. The minimum Gasteiger partial charge on any atom is -0.478 e. The third kappa shape index (κ3) is 2.97. The van der Waals surface area contributed by atoms with Gasteiger partial charge in [0.1, 0.15) is 0 Å². The number of benzene rings is 1. The van der Waals surface area contributed by atoms with E-state index < -0.39 is 5.97 Å². The molecule has 1 fully saturated rings. The standard InChI is InChI=1S/C12H12ClNO3S/c13-8-4-3-7(12(16)17)6-9(8)14-11(15)10-2-1-5-18-10/h3-4,6,10H,1-2,5H2,(H,14,15)(H,16,17). The van der Waals surface area contributed by atoms with Gasteiger partial charge in [-0.15, -0.1) is 11.8 Å². The van der Waals surface area contributed by atoms with Gasteiger partial charge in [0.05, 0.1) is 21.5 Å². The molecule has 1 atom stereocenters. The molecule has 1 unspecified atom stereocenters. The molecule has 1 aromatic carbocycles. The van der Waals surface area contributed by atoms with Gasteiger partial charge in [-0.25, -0.2) is 4.79 Å². The molecular formula is C12H12ClNO3S. The van der Waals surface area contributed by atoms with Crippen molar-refractivity contribution in [3.8, 4) is 0 Å². The highest BCUT2D eigenvalue weighted by Gasteiger charge is 2.24. The van der Waals surface area contributed by atoms with Crippen LogP contribution in [0.2, 0.25) is 5.02 Å². The molecule has 0 aliphatic carbocycles. The van der Waals surface area contributed by atoms with Gasteiger partial charge in [0.2, 0.25) is 5.91 Å². The van der Waals surface area contributed by atoms with Crippen LogP contribution in [0.5, 0.6) is 0 Å². The fourth-order valence-corrected chi connectivity index (χ4v) is 3.08. The second kappa shape index (κ2) is 5.63. The van der Waals surface area contributed by atoms with E-state index >= 15 is 0 Å². The Labute approximate surface area is 114 Å². The van der Waals surface area contributed by atoms with Gasteiger partial charge >= 0.3 is 5.97 Å².